The Balaban J connectivity index is 2.23. The van der Waals surface area contributed by atoms with E-state index in [1.165, 1.54) is 27.9 Å². The van der Waals surface area contributed by atoms with Crippen LogP contribution in [-0.2, 0) is 75.9 Å². The van der Waals surface area contributed by atoms with Gasteiger partial charge in [-0.2, -0.15) is 0 Å². The maximum absolute atomic E-state index is 13.8. The van der Waals surface area contributed by atoms with Crippen LogP contribution in [0.25, 0.3) is 0 Å². The van der Waals surface area contributed by atoms with Crippen LogP contribution in [0.1, 0.15) is 115 Å². The molecule has 5 amide bonds. The van der Waals surface area contributed by atoms with Crippen LogP contribution in [0.3, 0.4) is 0 Å². The Bertz CT molecular complexity index is 1910. The third kappa shape index (κ3) is 21.2. The minimum atomic E-state index is -2.60. The summed E-state index contributed by atoms with van der Waals surface area (Å²) in [7, 11) is -1.93. The zero-order chi connectivity index (χ0) is 56.0. The smallest absolute Gasteiger partial charge is 0.408 e. The highest BCUT2D eigenvalue weighted by Crippen LogP contribution is 2.46. The first-order chi connectivity index (χ1) is 33.4. The van der Waals surface area contributed by atoms with Crippen LogP contribution in [0.5, 0.6) is 0 Å². The van der Waals surface area contributed by atoms with Gasteiger partial charge in [-0.25, -0.2) is 19.2 Å². The van der Waals surface area contributed by atoms with Crippen LogP contribution in [0.4, 0.5) is 4.79 Å². The van der Waals surface area contributed by atoms with E-state index in [9.17, 15) is 38.4 Å². The van der Waals surface area contributed by atoms with Crippen molar-refractivity contribution in [2.45, 2.75) is 231 Å². The van der Waals surface area contributed by atoms with Crippen molar-refractivity contribution in [1.29, 1.82) is 0 Å². The summed E-state index contributed by atoms with van der Waals surface area (Å²) in [5.41, 5.74) is -0.833. The van der Waals surface area contributed by atoms with Gasteiger partial charge in [0.15, 0.2) is 20.4 Å². The molecule has 0 aromatic heterocycles. The molecular formula is C49H89N5O17Si2. The van der Waals surface area contributed by atoms with Crippen LogP contribution in [0.15, 0.2) is 0 Å². The Morgan fingerprint density at radius 1 is 0.753 bits per heavy atom. The molecule has 0 radical (unpaired) electrons. The van der Waals surface area contributed by atoms with Gasteiger partial charge in [0.05, 0.1) is 27.4 Å². The highest BCUT2D eigenvalue weighted by atomic mass is 28.4. The highest BCUT2D eigenvalue weighted by Gasteiger charge is 2.56. The van der Waals surface area contributed by atoms with Gasteiger partial charge in [-0.1, -0.05) is 47.3 Å². The van der Waals surface area contributed by atoms with Crippen molar-refractivity contribution >= 4 is 64.0 Å². The van der Waals surface area contributed by atoms with Gasteiger partial charge in [-0.3, -0.25) is 19.2 Å². The zero-order valence-corrected chi connectivity index (χ0v) is 48.9. The van der Waals surface area contributed by atoms with Gasteiger partial charge in [0.2, 0.25) is 23.6 Å². The quantitative estimate of drug-likeness (QED) is 0.0458. The molecule has 0 aromatic rings. The molecule has 0 unspecified atom stereocenters. The Morgan fingerprint density at radius 2 is 1.32 bits per heavy atom. The normalized spacial score (nSPS) is 22.2. The molecule has 2 heterocycles. The number of hydrogen-bond donors (Lipinski definition) is 5. The standard InChI is InChI=1S/C49H89N5O17Si2/c1-28(2)48(9,10)73(18,19)71-45-37(51-31(5)55)39(38-35(68-45)27-66-49(11,12)69-38)67-30(4)41(58)50-29(3)40(57)53-34(43(60)64-14)23-24-36(56)52-33(44(61)65-25-26-72(15,16)17)22-20-21-32(42(59)63-13)54-46(62)70-47(6,7)8/h28-30,32-35,37-39,45H,20-27H2,1-19H3,(H,50,58)(H,51,55)(H,52,56)(H,53,57)(H,54,62)/t29-,30+,32+,33-,34+,35+,37+,38+,39+,45-/m0/s1. The lowest BCUT2D eigenvalue weighted by atomic mass is 9.94. The minimum absolute atomic E-state index is 0.00530. The van der Waals surface area contributed by atoms with E-state index in [0.717, 1.165) is 7.11 Å². The van der Waals surface area contributed by atoms with E-state index in [-0.39, 0.29) is 56.3 Å². The molecule has 73 heavy (non-hydrogen) atoms. The molecule has 22 nitrogen and oxygen atoms in total. The summed E-state index contributed by atoms with van der Waals surface area (Å²) in [6.07, 6.45) is -6.02. The summed E-state index contributed by atoms with van der Waals surface area (Å²) in [4.78, 5) is 105. The molecule has 2 aliphatic rings. The van der Waals surface area contributed by atoms with E-state index in [1.54, 1.807) is 34.6 Å². The highest BCUT2D eigenvalue weighted by molar-refractivity contribution is 6.76. The zero-order valence-electron chi connectivity index (χ0n) is 46.9. The van der Waals surface area contributed by atoms with Crippen molar-refractivity contribution in [2.24, 2.45) is 5.92 Å². The molecule has 2 fully saturated rings. The van der Waals surface area contributed by atoms with Crippen LogP contribution in [0, 0.1) is 5.92 Å². The van der Waals surface area contributed by atoms with E-state index in [1.807, 2.05) is 0 Å². The summed E-state index contributed by atoms with van der Waals surface area (Å²) in [6, 6.07) is -5.14. The molecule has 2 saturated heterocycles. The third-order valence-corrected chi connectivity index (χ3v) is 19.5. The minimum Gasteiger partial charge on any atom is -0.467 e. The van der Waals surface area contributed by atoms with Gasteiger partial charge in [0.25, 0.3) is 0 Å². The number of fused-ring (bicyclic) bond motifs is 1. The van der Waals surface area contributed by atoms with E-state index < -0.39 is 136 Å². The van der Waals surface area contributed by atoms with Crippen molar-refractivity contribution in [3.05, 3.63) is 0 Å². The summed E-state index contributed by atoms with van der Waals surface area (Å²) >= 11 is 0. The number of hydrogen-bond acceptors (Lipinski definition) is 17. The fourth-order valence-corrected chi connectivity index (χ4v) is 10.9. The van der Waals surface area contributed by atoms with E-state index in [4.69, 9.17) is 42.3 Å². The summed E-state index contributed by atoms with van der Waals surface area (Å²) in [6.45, 7) is 32.0. The monoisotopic (exact) mass is 1080 g/mol. The molecule has 10 atom stereocenters. The second-order valence-electron chi connectivity index (χ2n) is 22.9. The predicted molar refractivity (Wildman–Crippen MR) is 274 cm³/mol. The first-order valence-electron chi connectivity index (χ1n) is 25.2. The fourth-order valence-electron chi connectivity index (χ4n) is 7.71. The summed E-state index contributed by atoms with van der Waals surface area (Å²) in [5.74, 6) is -5.68. The maximum atomic E-state index is 13.8. The molecule has 0 spiro atoms. The first kappa shape index (κ1) is 64.9. The number of alkyl carbamates (subject to hydrolysis) is 1. The molecule has 0 saturated carbocycles. The van der Waals surface area contributed by atoms with Crippen LogP contribution >= 0.6 is 0 Å². The molecule has 0 aliphatic carbocycles. The molecule has 420 valence electrons. The van der Waals surface area contributed by atoms with Crippen LogP contribution < -0.4 is 26.6 Å². The molecular weight excluding hydrogens is 987 g/mol. The largest absolute Gasteiger partial charge is 0.467 e. The van der Waals surface area contributed by atoms with Gasteiger partial charge in [-0.15, -0.1) is 0 Å². The molecule has 24 heteroatoms. The van der Waals surface area contributed by atoms with Gasteiger partial charge >= 0.3 is 24.0 Å². The van der Waals surface area contributed by atoms with E-state index >= 15 is 0 Å². The second-order valence-corrected chi connectivity index (χ2v) is 33.1. The number of methoxy groups -OCH3 is 2. The molecule has 0 bridgehead atoms. The average Bonchev–Trinajstić information content (AvgIpc) is 3.25. The van der Waals surface area contributed by atoms with Gasteiger partial charge < -0.3 is 68.9 Å². The molecule has 5 N–H and O–H groups in total. The summed E-state index contributed by atoms with van der Waals surface area (Å²) in [5, 5.41) is 13.0. The number of nitrogens with one attached hydrogen (secondary N) is 5. The number of carbonyl (C=O) groups is 8. The Hall–Kier alpha value is -4.21. The fraction of sp³-hybridized carbons (Fsp3) is 0.837. The number of amides is 5. The maximum Gasteiger partial charge on any atom is 0.408 e. The predicted octanol–water partition coefficient (Wildman–Crippen LogP) is 4.34. The lowest BCUT2D eigenvalue weighted by Crippen LogP contribution is -2.71. The second kappa shape index (κ2) is 27.5. The first-order valence-corrected chi connectivity index (χ1v) is 31.8. The number of ether oxygens (including phenoxy) is 8. The number of carbonyl (C=O) groups excluding carboxylic acids is 8. The molecule has 2 aliphatic heterocycles. The van der Waals surface area contributed by atoms with Crippen LogP contribution in [-0.4, -0.2) is 164 Å². The van der Waals surface area contributed by atoms with Crippen molar-refractivity contribution in [3.8, 4) is 0 Å². The van der Waals surface area contributed by atoms with Gasteiger partial charge in [-0.05, 0) is 104 Å². The van der Waals surface area contributed by atoms with Crippen molar-refractivity contribution < 1.29 is 80.7 Å². The lowest BCUT2D eigenvalue weighted by molar-refractivity contribution is -0.367. The summed E-state index contributed by atoms with van der Waals surface area (Å²) < 4.78 is 52.7. The van der Waals surface area contributed by atoms with E-state index in [0.29, 0.717) is 6.04 Å². The Morgan fingerprint density at radius 3 is 1.84 bits per heavy atom. The van der Waals surface area contributed by atoms with Crippen molar-refractivity contribution in [1.82, 2.24) is 26.6 Å². The van der Waals surface area contributed by atoms with Crippen LogP contribution in [0.2, 0.25) is 43.8 Å². The average molecular weight is 1080 g/mol. The number of rotatable bonds is 26. The van der Waals surface area contributed by atoms with Crippen molar-refractivity contribution in [3.63, 3.8) is 0 Å². The van der Waals surface area contributed by atoms with Gasteiger partial charge in [0, 0.05) is 21.4 Å². The van der Waals surface area contributed by atoms with Crippen molar-refractivity contribution in [2.75, 3.05) is 27.4 Å². The van der Waals surface area contributed by atoms with E-state index in [2.05, 4.69) is 87.0 Å². The Labute approximate surface area is 434 Å². The number of esters is 3. The third-order valence-electron chi connectivity index (χ3n) is 13.3. The Kier molecular flexibility index (Phi) is 24.5. The lowest BCUT2D eigenvalue weighted by Gasteiger charge is -2.53. The molecule has 0 aromatic carbocycles. The van der Waals surface area contributed by atoms with Gasteiger partial charge in [0.1, 0.15) is 60.2 Å². The topological polar surface area (TPSA) is 280 Å². The molecule has 2 rings (SSSR count). The SMILES string of the molecule is COC(=O)[C@@H](CCC[C@H](NC(=O)CC[C@@H](NC(=O)[C@H](C)NC(=O)[C@@H](C)O[C@@H]1[C@@H](NC(C)=O)[C@H](O[Si](C)(C)C(C)(C)C(C)C)O[C@@H]2COC(C)(C)O[C@@H]12)C(=O)OC)C(=O)OCC[Si](C)(C)C)NC(=O)OC(C)(C)C.